The van der Waals surface area contributed by atoms with Gasteiger partial charge in [0.25, 0.3) is 0 Å². The van der Waals surface area contributed by atoms with E-state index in [2.05, 4.69) is 19.2 Å². The second-order valence-corrected chi connectivity index (χ2v) is 13.1. The van der Waals surface area contributed by atoms with Gasteiger partial charge in [0.05, 0.1) is 38.6 Å². The Morgan fingerprint density at radius 1 is 0.630 bits per heavy atom. The maximum absolute atomic E-state index is 13.0. The van der Waals surface area contributed by atoms with E-state index in [9.17, 15) is 23.6 Å². The summed E-state index contributed by atoms with van der Waals surface area (Å²) in [6, 6.07) is 26.1. The van der Waals surface area contributed by atoms with Crippen molar-refractivity contribution in [3.05, 3.63) is 115 Å². The highest BCUT2D eigenvalue weighted by Gasteiger charge is 2.12. The Morgan fingerprint density at radius 3 is 1.89 bits per heavy atom. The van der Waals surface area contributed by atoms with E-state index in [4.69, 9.17) is 28.4 Å². The topological polar surface area (TPSA) is 124 Å². The highest BCUT2D eigenvalue weighted by atomic mass is 32.2. The van der Waals surface area contributed by atoms with Crippen molar-refractivity contribution in [3.8, 4) is 22.6 Å². The molecule has 0 atom stereocenters. The number of unbranched alkanes of at least 4 members (excludes halogenated alkanes) is 4. The molecule has 0 spiro atoms. The Kier molecular flexibility index (Phi) is 16.8. The number of methoxy groups -OCH3 is 1. The third-order valence-electron chi connectivity index (χ3n) is 7.86. The molecule has 12 heteroatoms. The standard InChI is InChI=1S/C42H43FO10S/c1-29(28-48-3)39(44)50-24-8-9-25-52-42(47)53-36-18-20-38(21-19-36)54-41(46)32-12-10-31(11-13-32)33-14-15-35-27-37(17-16-34(35)26-33)49-22-6-4-5-7-23-51-40(45)30(2)43/h10-21,26-27H,1-2,4-9,22-25,28H2,3H3. The first-order chi connectivity index (χ1) is 26.1. The Balaban J connectivity index is 1.16. The second-order valence-electron chi connectivity index (χ2n) is 12.0. The number of ether oxygens (including phenoxy) is 6. The van der Waals surface area contributed by atoms with Crippen molar-refractivity contribution in [1.82, 2.24) is 0 Å². The van der Waals surface area contributed by atoms with Gasteiger partial charge in [-0.15, -0.1) is 0 Å². The lowest BCUT2D eigenvalue weighted by Gasteiger charge is -2.09. The molecule has 4 rings (SSSR count). The third kappa shape index (κ3) is 13.8. The SMILES string of the molecule is C=C(F)C(=O)OCCCCCCOc1ccc2cc(-c3ccc(C(=O)Sc4ccc(OC(=O)OCCCCOC(=O)C(=C)COC)cc4)cc3)ccc2c1. The maximum atomic E-state index is 13.0. The number of hydrogen-bond donors (Lipinski definition) is 0. The van der Waals surface area contributed by atoms with Gasteiger partial charge in [0, 0.05) is 17.6 Å². The van der Waals surface area contributed by atoms with Gasteiger partial charge in [-0.05, 0) is 127 Å². The molecule has 0 N–H and O–H groups in total. The molecule has 0 aromatic heterocycles. The second kappa shape index (κ2) is 21.9. The first-order valence-electron chi connectivity index (χ1n) is 17.4. The van der Waals surface area contributed by atoms with Crippen LogP contribution >= 0.6 is 11.8 Å². The smallest absolute Gasteiger partial charge is 0.494 e. The normalized spacial score (nSPS) is 10.7. The fourth-order valence-electron chi connectivity index (χ4n) is 5.01. The quantitative estimate of drug-likeness (QED) is 0.0202. The summed E-state index contributed by atoms with van der Waals surface area (Å²) >= 11 is 1.07. The van der Waals surface area contributed by atoms with Crippen molar-refractivity contribution in [2.24, 2.45) is 0 Å². The molecule has 0 aliphatic heterocycles. The molecule has 0 radical (unpaired) electrons. The Bertz CT molecular complexity index is 1910. The molecule has 4 aromatic carbocycles. The predicted octanol–water partition coefficient (Wildman–Crippen LogP) is 9.45. The summed E-state index contributed by atoms with van der Waals surface area (Å²) in [7, 11) is 1.46. The molecule has 4 aromatic rings. The lowest BCUT2D eigenvalue weighted by molar-refractivity contribution is -0.141. The molecule has 0 aliphatic carbocycles. The van der Waals surface area contributed by atoms with E-state index in [1.54, 1.807) is 36.4 Å². The van der Waals surface area contributed by atoms with Crippen LogP contribution < -0.4 is 9.47 Å². The van der Waals surface area contributed by atoms with Gasteiger partial charge in [0.2, 0.25) is 10.9 Å². The largest absolute Gasteiger partial charge is 0.513 e. The minimum absolute atomic E-state index is 0.101. The summed E-state index contributed by atoms with van der Waals surface area (Å²) < 4.78 is 43.4. The molecule has 0 heterocycles. The van der Waals surface area contributed by atoms with Crippen LogP contribution in [0.15, 0.2) is 114 Å². The number of carbonyl (C=O) groups excluding carboxylic acids is 4. The van der Waals surface area contributed by atoms with Gasteiger partial charge in [0.15, 0.2) is 0 Å². The van der Waals surface area contributed by atoms with E-state index < -0.39 is 23.9 Å². The number of rotatable bonds is 21. The van der Waals surface area contributed by atoms with E-state index in [1.165, 1.54) is 7.11 Å². The van der Waals surface area contributed by atoms with Crippen LogP contribution in [0.25, 0.3) is 21.9 Å². The summed E-state index contributed by atoms with van der Waals surface area (Å²) in [5.74, 6) is -1.55. The van der Waals surface area contributed by atoms with Crippen LogP contribution in [-0.4, -0.2) is 63.4 Å². The van der Waals surface area contributed by atoms with Crippen molar-refractivity contribution in [2.45, 2.75) is 43.4 Å². The summed E-state index contributed by atoms with van der Waals surface area (Å²) in [4.78, 5) is 48.4. The Morgan fingerprint density at radius 2 is 1.20 bits per heavy atom. The predicted molar refractivity (Wildman–Crippen MR) is 204 cm³/mol. The highest BCUT2D eigenvalue weighted by molar-refractivity contribution is 8.14. The maximum Gasteiger partial charge on any atom is 0.513 e. The van der Waals surface area contributed by atoms with Crippen LogP contribution in [-0.2, 0) is 28.5 Å². The molecular formula is C42H43FO10S. The van der Waals surface area contributed by atoms with Gasteiger partial charge in [0.1, 0.15) is 11.5 Å². The summed E-state index contributed by atoms with van der Waals surface area (Å²) in [5, 5.41) is 1.98. The lowest BCUT2D eigenvalue weighted by atomic mass is 10.0. The molecule has 0 saturated heterocycles. The van der Waals surface area contributed by atoms with E-state index in [0.717, 1.165) is 58.7 Å². The van der Waals surface area contributed by atoms with Crippen molar-refractivity contribution >= 4 is 45.7 Å². The Labute approximate surface area is 318 Å². The molecule has 0 amide bonds. The molecule has 0 unspecified atom stereocenters. The number of fused-ring (bicyclic) bond motifs is 1. The molecule has 0 fully saturated rings. The zero-order chi connectivity index (χ0) is 38.7. The van der Waals surface area contributed by atoms with Crippen LogP contribution in [0.5, 0.6) is 11.5 Å². The van der Waals surface area contributed by atoms with Gasteiger partial charge in [-0.2, -0.15) is 4.39 Å². The van der Waals surface area contributed by atoms with Gasteiger partial charge >= 0.3 is 18.1 Å². The van der Waals surface area contributed by atoms with Crippen molar-refractivity contribution in [1.29, 1.82) is 0 Å². The highest BCUT2D eigenvalue weighted by Crippen LogP contribution is 2.30. The molecule has 0 aliphatic rings. The average molecular weight is 759 g/mol. The number of halogens is 1. The Hall–Kier alpha value is -5.46. The van der Waals surface area contributed by atoms with Gasteiger partial charge in [-0.1, -0.05) is 43.5 Å². The molecule has 54 heavy (non-hydrogen) atoms. The van der Waals surface area contributed by atoms with Gasteiger partial charge in [-0.3, -0.25) is 4.79 Å². The van der Waals surface area contributed by atoms with Crippen LogP contribution in [0.3, 0.4) is 0 Å². The zero-order valence-corrected chi connectivity index (χ0v) is 31.0. The minimum Gasteiger partial charge on any atom is -0.494 e. The van der Waals surface area contributed by atoms with Crippen LogP contribution in [0.2, 0.25) is 0 Å². The first kappa shape index (κ1) is 41.3. The van der Waals surface area contributed by atoms with Crippen molar-refractivity contribution in [3.63, 3.8) is 0 Å². The molecule has 0 bridgehead atoms. The summed E-state index contributed by atoms with van der Waals surface area (Å²) in [6.45, 7) is 7.60. The van der Waals surface area contributed by atoms with Crippen LogP contribution in [0, 0.1) is 0 Å². The number of thioether (sulfide) groups is 1. The lowest BCUT2D eigenvalue weighted by Crippen LogP contribution is -2.13. The monoisotopic (exact) mass is 758 g/mol. The number of carbonyl (C=O) groups is 4. The zero-order valence-electron chi connectivity index (χ0n) is 30.1. The average Bonchev–Trinajstić information content (AvgIpc) is 3.17. The summed E-state index contributed by atoms with van der Waals surface area (Å²) in [5.41, 5.74) is 2.78. The van der Waals surface area contributed by atoms with Crippen LogP contribution in [0.4, 0.5) is 9.18 Å². The number of benzene rings is 4. The van der Waals surface area contributed by atoms with E-state index in [1.807, 2.05) is 42.5 Å². The molecule has 10 nitrogen and oxygen atoms in total. The van der Waals surface area contributed by atoms with E-state index >= 15 is 0 Å². The van der Waals surface area contributed by atoms with E-state index in [-0.39, 0.29) is 42.9 Å². The third-order valence-corrected chi connectivity index (χ3v) is 8.79. The fraction of sp³-hybridized carbons (Fsp3) is 0.286. The van der Waals surface area contributed by atoms with Crippen molar-refractivity contribution < 1.29 is 52.0 Å². The van der Waals surface area contributed by atoms with Gasteiger partial charge < -0.3 is 28.4 Å². The number of esters is 2. The molecule has 284 valence electrons. The van der Waals surface area contributed by atoms with Crippen LogP contribution in [0.1, 0.15) is 48.9 Å². The minimum atomic E-state index is -1.08. The first-order valence-corrected chi connectivity index (χ1v) is 18.2. The molecule has 0 saturated carbocycles. The van der Waals surface area contributed by atoms with Crippen molar-refractivity contribution in [2.75, 3.05) is 40.1 Å². The fourth-order valence-corrected chi connectivity index (χ4v) is 5.75. The summed E-state index contributed by atoms with van der Waals surface area (Å²) in [6.07, 6.45) is 3.37. The molecular weight excluding hydrogens is 716 g/mol. The van der Waals surface area contributed by atoms with Gasteiger partial charge in [-0.25, -0.2) is 14.4 Å². The number of hydrogen-bond acceptors (Lipinski definition) is 11. The van der Waals surface area contributed by atoms with E-state index in [0.29, 0.717) is 36.3 Å².